The van der Waals surface area contributed by atoms with Crippen molar-refractivity contribution in [1.29, 1.82) is 0 Å². The number of nitrogens with zero attached hydrogens (tertiary/aromatic N) is 1. The molecule has 0 fully saturated rings. The lowest BCUT2D eigenvalue weighted by molar-refractivity contribution is 0.0699. The number of carbonyl (C=O) groups excluding carboxylic acids is 1. The fourth-order valence-corrected chi connectivity index (χ4v) is 2.32. The van der Waals surface area contributed by atoms with Crippen molar-refractivity contribution in [3.63, 3.8) is 0 Å². The zero-order valence-corrected chi connectivity index (χ0v) is 9.10. The monoisotopic (exact) mass is 227 g/mol. The van der Waals surface area contributed by atoms with Crippen molar-refractivity contribution in [2.24, 2.45) is 0 Å². The van der Waals surface area contributed by atoms with Crippen LogP contribution in [-0.2, 0) is 0 Å². The van der Waals surface area contributed by atoms with Gasteiger partial charge in [0.25, 0.3) is 5.91 Å². The van der Waals surface area contributed by atoms with Crippen molar-refractivity contribution in [1.82, 2.24) is 0 Å². The maximum absolute atomic E-state index is 11.9. The molecule has 3 rings (SSSR count). The van der Waals surface area contributed by atoms with E-state index in [4.69, 9.17) is 5.11 Å². The van der Waals surface area contributed by atoms with Crippen LogP contribution in [0.4, 0.5) is 5.69 Å². The molecule has 4 heteroatoms. The Balaban J connectivity index is 2.50. The molecule has 0 saturated heterocycles. The lowest BCUT2D eigenvalue weighted by Gasteiger charge is -2.10. The highest BCUT2D eigenvalue weighted by molar-refractivity contribution is 6.26. The summed E-state index contributed by atoms with van der Waals surface area (Å²) in [6, 6.07) is 8.39. The van der Waals surface area contributed by atoms with Crippen molar-refractivity contribution >= 4 is 28.3 Å². The van der Waals surface area contributed by atoms with Gasteiger partial charge in [-0.15, -0.1) is 0 Å². The van der Waals surface area contributed by atoms with E-state index in [1.54, 1.807) is 42.3 Å². The van der Waals surface area contributed by atoms with Gasteiger partial charge in [0, 0.05) is 18.0 Å². The average Bonchev–Trinajstić information content (AvgIpc) is 2.57. The van der Waals surface area contributed by atoms with Crippen molar-refractivity contribution in [3.8, 4) is 0 Å². The summed E-state index contributed by atoms with van der Waals surface area (Å²) in [5.41, 5.74) is 1.57. The summed E-state index contributed by atoms with van der Waals surface area (Å²) in [6.45, 7) is 0. The fraction of sp³-hybridized carbons (Fsp3) is 0.0769. The number of anilines is 1. The first-order valence-corrected chi connectivity index (χ1v) is 5.18. The van der Waals surface area contributed by atoms with Crippen LogP contribution < -0.4 is 4.90 Å². The molecule has 1 aliphatic rings. The first-order valence-electron chi connectivity index (χ1n) is 5.18. The van der Waals surface area contributed by atoms with Crippen LogP contribution >= 0.6 is 0 Å². The van der Waals surface area contributed by atoms with E-state index in [9.17, 15) is 9.59 Å². The van der Waals surface area contributed by atoms with Gasteiger partial charge in [0.2, 0.25) is 0 Å². The molecular formula is C13H9NO3. The van der Waals surface area contributed by atoms with E-state index in [1.807, 2.05) is 0 Å². The molecule has 2 aromatic carbocycles. The van der Waals surface area contributed by atoms with Crippen LogP contribution in [0.25, 0.3) is 10.8 Å². The van der Waals surface area contributed by atoms with Gasteiger partial charge in [-0.2, -0.15) is 0 Å². The van der Waals surface area contributed by atoms with E-state index in [1.165, 1.54) is 0 Å². The summed E-state index contributed by atoms with van der Waals surface area (Å²) in [5, 5.41) is 10.5. The predicted molar refractivity (Wildman–Crippen MR) is 63.6 cm³/mol. The SMILES string of the molecule is CN1C(=O)c2cccc3c(C(=O)O)ccc1c23. The van der Waals surface area contributed by atoms with E-state index in [0.29, 0.717) is 10.9 Å². The first kappa shape index (κ1) is 9.84. The average molecular weight is 227 g/mol. The maximum atomic E-state index is 11.9. The topological polar surface area (TPSA) is 57.6 Å². The largest absolute Gasteiger partial charge is 0.478 e. The zero-order valence-electron chi connectivity index (χ0n) is 9.10. The number of carboxylic acids is 1. The molecule has 0 unspecified atom stereocenters. The van der Waals surface area contributed by atoms with Crippen LogP contribution in [-0.4, -0.2) is 24.0 Å². The number of carboxylic acid groups (broad SMARTS) is 1. The van der Waals surface area contributed by atoms with Crippen LogP contribution in [0.1, 0.15) is 20.7 Å². The van der Waals surface area contributed by atoms with Crippen LogP contribution in [0.5, 0.6) is 0 Å². The standard InChI is InChI=1S/C13H9NO3/c1-14-10-6-5-8(13(16)17)7-3-2-4-9(11(7)10)12(14)15/h2-6H,1H3,(H,16,17). The van der Waals surface area contributed by atoms with Gasteiger partial charge in [0.1, 0.15) is 0 Å². The van der Waals surface area contributed by atoms with Gasteiger partial charge >= 0.3 is 5.97 Å². The Labute approximate surface area is 97.1 Å². The summed E-state index contributed by atoms with van der Waals surface area (Å²) in [7, 11) is 1.69. The molecule has 2 aromatic rings. The number of hydrogen-bond acceptors (Lipinski definition) is 2. The summed E-state index contributed by atoms with van der Waals surface area (Å²) >= 11 is 0. The Morgan fingerprint density at radius 2 is 2.00 bits per heavy atom. The molecule has 0 aromatic heterocycles. The summed E-state index contributed by atoms with van der Waals surface area (Å²) in [4.78, 5) is 24.6. The van der Waals surface area contributed by atoms with Gasteiger partial charge in [0.05, 0.1) is 11.3 Å². The number of rotatable bonds is 1. The smallest absolute Gasteiger partial charge is 0.336 e. The number of carbonyl (C=O) groups is 2. The third-order valence-electron chi connectivity index (χ3n) is 3.15. The summed E-state index contributed by atoms with van der Waals surface area (Å²) in [6.07, 6.45) is 0. The summed E-state index contributed by atoms with van der Waals surface area (Å²) < 4.78 is 0. The highest BCUT2D eigenvalue weighted by atomic mass is 16.4. The molecule has 0 aliphatic carbocycles. The highest BCUT2D eigenvalue weighted by Gasteiger charge is 2.28. The second kappa shape index (κ2) is 3.07. The third-order valence-corrected chi connectivity index (χ3v) is 3.15. The van der Waals surface area contributed by atoms with Crippen molar-refractivity contribution < 1.29 is 14.7 Å². The van der Waals surface area contributed by atoms with E-state index in [2.05, 4.69) is 0 Å². The minimum Gasteiger partial charge on any atom is -0.478 e. The van der Waals surface area contributed by atoms with Gasteiger partial charge in [-0.05, 0) is 23.6 Å². The van der Waals surface area contributed by atoms with Crippen LogP contribution in [0.2, 0.25) is 0 Å². The Morgan fingerprint density at radius 3 is 2.71 bits per heavy atom. The van der Waals surface area contributed by atoms with Crippen LogP contribution in [0.3, 0.4) is 0 Å². The van der Waals surface area contributed by atoms with Gasteiger partial charge in [-0.3, -0.25) is 4.79 Å². The first-order chi connectivity index (χ1) is 8.11. The molecule has 0 radical (unpaired) electrons. The fourth-order valence-electron chi connectivity index (χ4n) is 2.32. The highest BCUT2D eigenvalue weighted by Crippen LogP contribution is 2.37. The van der Waals surface area contributed by atoms with Gasteiger partial charge < -0.3 is 10.0 Å². The van der Waals surface area contributed by atoms with Gasteiger partial charge in [-0.1, -0.05) is 12.1 Å². The Kier molecular flexibility index (Phi) is 1.78. The molecule has 0 bridgehead atoms. The molecule has 1 N–H and O–H groups in total. The number of aromatic carboxylic acids is 1. The van der Waals surface area contributed by atoms with Gasteiger partial charge in [-0.25, -0.2) is 4.79 Å². The summed E-state index contributed by atoms with van der Waals surface area (Å²) in [5.74, 6) is -1.07. The van der Waals surface area contributed by atoms with Crippen LogP contribution in [0, 0.1) is 0 Å². The Bertz CT molecular complexity index is 676. The number of hydrogen-bond donors (Lipinski definition) is 1. The third kappa shape index (κ3) is 1.12. The normalized spacial score (nSPS) is 13.5. The molecule has 1 heterocycles. The molecule has 0 atom stereocenters. The quantitative estimate of drug-likeness (QED) is 0.811. The van der Waals surface area contributed by atoms with E-state index >= 15 is 0 Å². The van der Waals surface area contributed by atoms with Gasteiger partial charge in [0.15, 0.2) is 0 Å². The lowest BCUT2D eigenvalue weighted by atomic mass is 10.0. The second-order valence-corrected chi connectivity index (χ2v) is 4.03. The number of amides is 1. The molecule has 17 heavy (non-hydrogen) atoms. The molecule has 0 saturated carbocycles. The molecule has 4 nitrogen and oxygen atoms in total. The predicted octanol–water partition coefficient (Wildman–Crippen LogP) is 2.13. The minimum atomic E-state index is -0.976. The lowest BCUT2D eigenvalue weighted by Crippen LogP contribution is -2.20. The van der Waals surface area contributed by atoms with Crippen molar-refractivity contribution in [2.75, 3.05) is 11.9 Å². The van der Waals surface area contributed by atoms with E-state index < -0.39 is 5.97 Å². The zero-order chi connectivity index (χ0) is 12.2. The van der Waals surface area contributed by atoms with E-state index in [0.717, 1.165) is 11.1 Å². The van der Waals surface area contributed by atoms with Crippen molar-refractivity contribution in [2.45, 2.75) is 0 Å². The second-order valence-electron chi connectivity index (χ2n) is 4.03. The van der Waals surface area contributed by atoms with Crippen LogP contribution in [0.15, 0.2) is 30.3 Å². The molecule has 1 aliphatic heterocycles. The number of benzene rings is 2. The van der Waals surface area contributed by atoms with E-state index in [-0.39, 0.29) is 11.5 Å². The van der Waals surface area contributed by atoms with Crippen molar-refractivity contribution in [3.05, 3.63) is 41.5 Å². The minimum absolute atomic E-state index is 0.0897. The molecule has 0 spiro atoms. The molecule has 1 amide bonds. The Hall–Kier alpha value is -2.36. The molecule has 84 valence electrons. The maximum Gasteiger partial charge on any atom is 0.336 e. The Morgan fingerprint density at radius 1 is 1.24 bits per heavy atom. The molecular weight excluding hydrogens is 218 g/mol.